The third kappa shape index (κ3) is 3.97. The van der Waals surface area contributed by atoms with Crippen molar-refractivity contribution in [1.82, 2.24) is 0 Å². The first-order valence-corrected chi connectivity index (χ1v) is 7.07. The lowest BCUT2D eigenvalue weighted by molar-refractivity contribution is 0.416. The van der Waals surface area contributed by atoms with Crippen molar-refractivity contribution < 1.29 is 9.13 Å². The van der Waals surface area contributed by atoms with Crippen LogP contribution in [0.1, 0.15) is 31.9 Å². The van der Waals surface area contributed by atoms with Crippen molar-refractivity contribution in [3.05, 3.63) is 59.4 Å². The standard InChI is InChI=1S/C18H22FNO/c1-18(2,3)14-8-9-17(21-4)16(11-14)20-12-13-6-5-7-15(19)10-13/h5-11,20H,12H2,1-4H3. The molecule has 0 atom stereocenters. The van der Waals surface area contributed by atoms with Gasteiger partial charge >= 0.3 is 0 Å². The van der Waals surface area contributed by atoms with E-state index in [0.29, 0.717) is 6.54 Å². The second-order valence-corrected chi connectivity index (χ2v) is 6.15. The van der Waals surface area contributed by atoms with Crippen LogP contribution in [0.5, 0.6) is 5.75 Å². The number of rotatable bonds is 4. The summed E-state index contributed by atoms with van der Waals surface area (Å²) in [7, 11) is 1.65. The predicted octanol–water partition coefficient (Wildman–Crippen LogP) is 4.74. The maximum Gasteiger partial charge on any atom is 0.141 e. The van der Waals surface area contributed by atoms with Crippen LogP contribution in [0.15, 0.2) is 42.5 Å². The van der Waals surface area contributed by atoms with Crippen LogP contribution >= 0.6 is 0 Å². The molecule has 2 aromatic carbocycles. The van der Waals surface area contributed by atoms with Gasteiger partial charge < -0.3 is 10.1 Å². The minimum atomic E-state index is -0.218. The summed E-state index contributed by atoms with van der Waals surface area (Å²) >= 11 is 0. The maximum atomic E-state index is 13.2. The van der Waals surface area contributed by atoms with E-state index in [2.05, 4.69) is 38.2 Å². The van der Waals surface area contributed by atoms with Crippen molar-refractivity contribution in [3.8, 4) is 5.75 Å². The summed E-state index contributed by atoms with van der Waals surface area (Å²) in [5.74, 6) is 0.573. The SMILES string of the molecule is COc1ccc(C(C)(C)C)cc1NCc1cccc(F)c1. The molecule has 0 bridgehead atoms. The molecule has 0 saturated heterocycles. The van der Waals surface area contributed by atoms with E-state index < -0.39 is 0 Å². The highest BCUT2D eigenvalue weighted by Gasteiger charge is 2.15. The van der Waals surface area contributed by atoms with Gasteiger partial charge in [0, 0.05) is 6.54 Å². The van der Waals surface area contributed by atoms with Crippen LogP contribution in [-0.4, -0.2) is 7.11 Å². The van der Waals surface area contributed by atoms with Gasteiger partial charge in [-0.15, -0.1) is 0 Å². The Bertz CT molecular complexity index is 617. The van der Waals surface area contributed by atoms with E-state index in [1.54, 1.807) is 13.2 Å². The predicted molar refractivity (Wildman–Crippen MR) is 85.4 cm³/mol. The van der Waals surface area contributed by atoms with Crippen LogP contribution in [0.4, 0.5) is 10.1 Å². The van der Waals surface area contributed by atoms with Gasteiger partial charge in [-0.25, -0.2) is 4.39 Å². The zero-order chi connectivity index (χ0) is 15.5. The van der Waals surface area contributed by atoms with Gasteiger partial charge in [0.2, 0.25) is 0 Å². The third-order valence-corrected chi connectivity index (χ3v) is 3.44. The average molecular weight is 287 g/mol. The lowest BCUT2D eigenvalue weighted by atomic mass is 9.87. The van der Waals surface area contributed by atoms with E-state index in [1.807, 2.05) is 12.1 Å². The molecule has 0 saturated carbocycles. The normalized spacial score (nSPS) is 11.3. The number of methoxy groups -OCH3 is 1. The fourth-order valence-electron chi connectivity index (χ4n) is 2.16. The fourth-order valence-corrected chi connectivity index (χ4v) is 2.16. The second-order valence-electron chi connectivity index (χ2n) is 6.15. The molecule has 2 rings (SSSR count). The van der Waals surface area contributed by atoms with Crippen molar-refractivity contribution in [1.29, 1.82) is 0 Å². The smallest absolute Gasteiger partial charge is 0.141 e. The first-order valence-electron chi connectivity index (χ1n) is 7.07. The minimum absolute atomic E-state index is 0.0710. The van der Waals surface area contributed by atoms with Crippen molar-refractivity contribution in [2.45, 2.75) is 32.7 Å². The monoisotopic (exact) mass is 287 g/mol. The summed E-state index contributed by atoms with van der Waals surface area (Å²) in [4.78, 5) is 0. The van der Waals surface area contributed by atoms with Gasteiger partial charge in [-0.05, 0) is 40.8 Å². The summed E-state index contributed by atoms with van der Waals surface area (Å²) in [6.45, 7) is 7.07. The molecule has 0 unspecified atom stereocenters. The first kappa shape index (κ1) is 15.4. The quantitative estimate of drug-likeness (QED) is 0.876. The van der Waals surface area contributed by atoms with E-state index in [0.717, 1.165) is 17.0 Å². The molecule has 0 heterocycles. The van der Waals surface area contributed by atoms with E-state index >= 15 is 0 Å². The fraction of sp³-hybridized carbons (Fsp3) is 0.333. The molecule has 3 heteroatoms. The maximum absolute atomic E-state index is 13.2. The highest BCUT2D eigenvalue weighted by Crippen LogP contribution is 2.31. The summed E-state index contributed by atoms with van der Waals surface area (Å²) < 4.78 is 18.6. The van der Waals surface area contributed by atoms with Crippen molar-refractivity contribution in [3.63, 3.8) is 0 Å². The molecule has 0 spiro atoms. The summed E-state index contributed by atoms with van der Waals surface area (Å²) in [5, 5.41) is 3.33. The van der Waals surface area contributed by atoms with Gasteiger partial charge in [-0.1, -0.05) is 39.0 Å². The Labute approximate surface area is 126 Å². The molecule has 0 amide bonds. The van der Waals surface area contributed by atoms with Gasteiger partial charge in [-0.2, -0.15) is 0 Å². The number of hydrogen-bond donors (Lipinski definition) is 1. The van der Waals surface area contributed by atoms with Gasteiger partial charge in [0.25, 0.3) is 0 Å². The van der Waals surface area contributed by atoms with Crippen molar-refractivity contribution in [2.24, 2.45) is 0 Å². The van der Waals surface area contributed by atoms with Crippen LogP contribution in [0, 0.1) is 5.82 Å². The zero-order valence-corrected chi connectivity index (χ0v) is 13.0. The molecule has 0 aliphatic heterocycles. The van der Waals surface area contributed by atoms with Crippen LogP contribution in [0.3, 0.4) is 0 Å². The van der Waals surface area contributed by atoms with Gasteiger partial charge in [-0.3, -0.25) is 0 Å². The summed E-state index contributed by atoms with van der Waals surface area (Å²) in [5.41, 5.74) is 3.12. The molecular weight excluding hydrogens is 265 g/mol. The number of hydrogen-bond acceptors (Lipinski definition) is 2. The number of anilines is 1. The molecule has 0 aromatic heterocycles. The van der Waals surface area contributed by atoms with Gasteiger partial charge in [0.1, 0.15) is 11.6 Å². The van der Waals surface area contributed by atoms with Crippen LogP contribution < -0.4 is 10.1 Å². The number of benzene rings is 2. The van der Waals surface area contributed by atoms with Crippen LogP contribution in [-0.2, 0) is 12.0 Å². The molecule has 0 fully saturated rings. The van der Waals surface area contributed by atoms with E-state index in [1.165, 1.54) is 17.7 Å². The molecule has 2 nitrogen and oxygen atoms in total. The highest BCUT2D eigenvalue weighted by atomic mass is 19.1. The Morgan fingerprint density at radius 2 is 1.86 bits per heavy atom. The van der Waals surface area contributed by atoms with E-state index in [9.17, 15) is 4.39 Å². The zero-order valence-electron chi connectivity index (χ0n) is 13.0. The lowest BCUT2D eigenvalue weighted by Crippen LogP contribution is -2.12. The Kier molecular flexibility index (Phi) is 4.51. The lowest BCUT2D eigenvalue weighted by Gasteiger charge is -2.21. The summed E-state index contributed by atoms with van der Waals surface area (Å²) in [6, 6.07) is 12.7. The Balaban J connectivity index is 2.21. The second kappa shape index (κ2) is 6.17. The first-order chi connectivity index (χ1) is 9.90. The molecule has 112 valence electrons. The van der Waals surface area contributed by atoms with E-state index in [4.69, 9.17) is 4.74 Å². The highest BCUT2D eigenvalue weighted by molar-refractivity contribution is 5.59. The third-order valence-electron chi connectivity index (χ3n) is 3.44. The van der Waals surface area contributed by atoms with Crippen LogP contribution in [0.2, 0.25) is 0 Å². The number of nitrogens with one attached hydrogen (secondary N) is 1. The Hall–Kier alpha value is -2.03. The number of halogens is 1. The minimum Gasteiger partial charge on any atom is -0.495 e. The topological polar surface area (TPSA) is 21.3 Å². The average Bonchev–Trinajstić information content (AvgIpc) is 2.44. The van der Waals surface area contributed by atoms with Gasteiger partial charge in [0.15, 0.2) is 0 Å². The molecule has 2 aromatic rings. The Morgan fingerprint density at radius 1 is 1.10 bits per heavy atom. The van der Waals surface area contributed by atoms with Gasteiger partial charge in [0.05, 0.1) is 12.8 Å². The largest absolute Gasteiger partial charge is 0.495 e. The summed E-state index contributed by atoms with van der Waals surface area (Å²) in [6.07, 6.45) is 0. The number of ether oxygens (including phenoxy) is 1. The molecule has 0 aliphatic carbocycles. The van der Waals surface area contributed by atoms with Crippen molar-refractivity contribution >= 4 is 5.69 Å². The Morgan fingerprint density at radius 3 is 2.48 bits per heavy atom. The van der Waals surface area contributed by atoms with Crippen LogP contribution in [0.25, 0.3) is 0 Å². The molecule has 21 heavy (non-hydrogen) atoms. The molecule has 0 radical (unpaired) electrons. The molecular formula is C18H22FNO. The molecule has 0 aliphatic rings. The van der Waals surface area contributed by atoms with Crippen molar-refractivity contribution in [2.75, 3.05) is 12.4 Å². The molecule has 1 N–H and O–H groups in total. The van der Waals surface area contributed by atoms with E-state index in [-0.39, 0.29) is 11.2 Å².